The van der Waals surface area contributed by atoms with Gasteiger partial charge in [0.15, 0.2) is 64.8 Å². The minimum atomic E-state index is -2.64. The molecule has 52 heteroatoms. The van der Waals surface area contributed by atoms with Gasteiger partial charge in [0.05, 0.1) is 19.3 Å². The second-order valence-electron chi connectivity index (χ2n) is 33.0. The minimum absolute atomic E-state index is 0.00366. The van der Waals surface area contributed by atoms with E-state index in [1.807, 2.05) is 0 Å². The number of nitrogens with one attached hydrogen (secondary N) is 24. The van der Waals surface area contributed by atoms with E-state index in [1.54, 1.807) is 54.6 Å². The number of aromatic amines is 1. The van der Waals surface area contributed by atoms with E-state index in [2.05, 4.69) is 95.4 Å². The zero-order valence-electron chi connectivity index (χ0n) is 76.2. The van der Waals surface area contributed by atoms with Crippen LogP contribution in [0, 0.1) is 67.5 Å². The summed E-state index contributed by atoms with van der Waals surface area (Å²) in [5.41, 5.74) is 39.4. The van der Waals surface area contributed by atoms with Crippen LogP contribution in [-0.2, 0) is 76.8 Å². The highest BCUT2D eigenvalue weighted by atomic mass is 19.2. The number of H-pyrrole nitrogens is 1. The SMILES string of the molecule is N=C(N)NCCC[C@@H](N)C(=O)N[C@H](CCCNC(=N)N)C(=O)N[C@H](CCCNC(=N)N)C(=O)N[C@H](CCCNC(=N)N)C(=O)N[C@H](CCCNC(=N)N)C(=O)N[C@H](CCCNC(=N)N)C(=O)N[C@H](CC1CCCCC1)C(=O)N[C@H](Cc1c(F)c(F)c(F)c(F)c1F)C(=O)N[C@H](CO)C(=O)N[C@H](Cc1c[nH]c2ccccc12)C(=O)N[C@H](CO)C(=O)N[C@H](Cc1ccc(C(=O)c2ccccc2)cc1)C(=O)O. The molecule has 6 rings (SSSR count). The molecule has 0 spiro atoms. The Kier molecular flexibility index (Phi) is 46.7. The lowest BCUT2D eigenvalue weighted by Gasteiger charge is -2.30. The largest absolute Gasteiger partial charge is 0.480 e. The molecule has 1 heterocycles. The predicted octanol–water partition coefficient (Wildman–Crippen LogP) is -4.60. The normalized spacial score (nSPS) is 14.4. The average Bonchev–Trinajstić information content (AvgIpc) is 1.73. The Morgan fingerprint density at radius 1 is 0.353 bits per heavy atom. The Bertz CT molecular complexity index is 5090. The lowest BCUT2D eigenvalue weighted by molar-refractivity contribution is -0.142. The summed E-state index contributed by atoms with van der Waals surface area (Å²) in [6.45, 7) is -2.88. The van der Waals surface area contributed by atoms with Gasteiger partial charge in [0.25, 0.3) is 0 Å². The van der Waals surface area contributed by atoms with Crippen LogP contribution in [-0.4, -0.2) is 258 Å². The Balaban J connectivity index is 1.33. The molecule has 1 aromatic heterocycles. The predicted molar refractivity (Wildman–Crippen MR) is 499 cm³/mol. The molecule has 11 amide bonds. The van der Waals surface area contributed by atoms with Crippen molar-refractivity contribution in [1.29, 1.82) is 32.5 Å². The van der Waals surface area contributed by atoms with E-state index in [4.69, 9.17) is 72.6 Å². The molecule has 0 unspecified atom stereocenters. The van der Waals surface area contributed by atoms with Gasteiger partial charge in [0.1, 0.15) is 66.5 Å². The van der Waals surface area contributed by atoms with Crippen LogP contribution in [0.25, 0.3) is 10.9 Å². The molecule has 5 aromatic rings. The van der Waals surface area contributed by atoms with Gasteiger partial charge in [-0.3, -0.25) is 90.0 Å². The number of guanidine groups is 6. The third kappa shape index (κ3) is 38.2. The zero-order valence-corrected chi connectivity index (χ0v) is 76.2. The zero-order chi connectivity index (χ0) is 103. The maximum absolute atomic E-state index is 16.0. The molecule has 0 radical (unpaired) electrons. The highest BCUT2D eigenvalue weighted by molar-refractivity contribution is 6.09. The highest BCUT2D eigenvalue weighted by Gasteiger charge is 2.40. The van der Waals surface area contributed by atoms with Gasteiger partial charge in [-0.15, -0.1) is 0 Å². The number of ketones is 1. The molecule has 1 aliphatic rings. The number of hydrogen-bond donors (Lipinski definition) is 34. The molecule has 47 nitrogen and oxygen atoms in total. The van der Waals surface area contributed by atoms with Crippen molar-refractivity contribution in [1.82, 2.24) is 95.4 Å². The number of benzene rings is 4. The number of rotatable bonds is 59. The molecule has 0 bridgehead atoms. The number of aliphatic hydroxyl groups excluding tert-OH is 2. The molecule has 139 heavy (non-hydrogen) atoms. The number of amides is 11. The average molecular weight is 1960 g/mol. The summed E-state index contributed by atoms with van der Waals surface area (Å²) < 4.78 is 77.4. The molecule has 0 aliphatic heterocycles. The lowest BCUT2D eigenvalue weighted by atomic mass is 9.84. The first-order chi connectivity index (χ1) is 66.1. The first-order valence-electron chi connectivity index (χ1n) is 44.9. The van der Waals surface area contributed by atoms with E-state index in [0.717, 1.165) is 0 Å². The summed E-state index contributed by atoms with van der Waals surface area (Å²) in [6, 6.07) is -1.27. The van der Waals surface area contributed by atoms with Gasteiger partial charge in [-0.2, -0.15) is 0 Å². The van der Waals surface area contributed by atoms with Gasteiger partial charge >= 0.3 is 5.97 Å². The number of fused-ring (bicyclic) bond motifs is 1. The number of halogens is 5. The fraction of sp³-hybridized carbons (Fsp3) is 0.483. The van der Waals surface area contributed by atoms with Crippen LogP contribution in [0.3, 0.4) is 0 Å². The van der Waals surface area contributed by atoms with Gasteiger partial charge < -0.3 is 151 Å². The Morgan fingerprint density at radius 2 is 0.662 bits per heavy atom. The van der Waals surface area contributed by atoms with Crippen molar-refractivity contribution in [2.24, 2.45) is 46.1 Å². The molecule has 760 valence electrons. The van der Waals surface area contributed by atoms with E-state index in [-0.39, 0.29) is 140 Å². The molecule has 1 saturated carbocycles. The second kappa shape index (κ2) is 57.7. The number of carbonyl (C=O) groups is 13. The Morgan fingerprint density at radius 3 is 1.05 bits per heavy atom. The van der Waals surface area contributed by atoms with Crippen LogP contribution < -0.4 is 131 Å². The molecule has 1 aliphatic carbocycles. The van der Waals surface area contributed by atoms with Crippen LogP contribution in [0.4, 0.5) is 22.0 Å². The number of hydrogen-bond acceptors (Lipinski definition) is 22. The standard InChI is InChI=1S/C87H126F5N31O16/c88-64-50(65(89)67(91)68(92)66(64)90)40-60(78(135)123-62(42-124)79(136)119-59(39-48-41-112-52-21-8-7-19-49(48)52)77(134)122-63(43-125)80(137)121-61(81(138)139)38-45-27-29-47(30-28-45)69(126)46-17-5-2-6-18-46)120-76(133)58(37-44-15-3-1-4-16-44)118-75(132)57(26-14-36-111-87(104)105)117-74(131)56(25-13-35-110-86(102)103)116-73(130)55(24-12-34-109-85(100)101)115-72(129)54(23-11-33-108-84(98)99)114-71(128)53(22-10-32-107-83(96)97)113-70(127)51(93)20-9-31-106-82(94)95/h2,5-8,17-19,21,27-30,41,44,51,53-63,112,124-125H,1,3-4,9-16,20,22-26,31-40,42-43,93H2,(H,113,127)(H,114,128)(H,115,129)(H,116,130)(H,117,131)(H,118,132)(H,119,136)(H,120,133)(H,121,137)(H,122,134)(H,123,135)(H,138,139)(H4,94,95,106)(H4,96,97,107)(H4,98,99,108)(H4,100,101,109)(H4,102,103,110)(H4,104,105,111)/t51-,53-,54-,55-,56-,57-,58-,59-,60-,61-,62-,63-/m1/s1. The molecular weight excluding hydrogens is 1830 g/mol. The summed E-state index contributed by atoms with van der Waals surface area (Å²) in [4.78, 5) is 191. The van der Waals surface area contributed by atoms with E-state index < -0.39 is 246 Å². The summed E-state index contributed by atoms with van der Waals surface area (Å²) in [5, 5.41) is 120. The quantitative estimate of drug-likeness (QED) is 0.00331. The van der Waals surface area contributed by atoms with Crippen LogP contribution in [0.2, 0.25) is 0 Å². The minimum Gasteiger partial charge on any atom is -0.480 e. The Hall–Kier alpha value is -15.1. The van der Waals surface area contributed by atoms with Gasteiger partial charge in [0.2, 0.25) is 70.8 Å². The van der Waals surface area contributed by atoms with Crippen LogP contribution in [0.15, 0.2) is 85.1 Å². The van der Waals surface area contributed by atoms with Crippen molar-refractivity contribution >= 4 is 123 Å². The maximum atomic E-state index is 16.0. The summed E-state index contributed by atoms with van der Waals surface area (Å²) >= 11 is 0. The monoisotopic (exact) mass is 1960 g/mol. The van der Waals surface area contributed by atoms with Gasteiger partial charge in [-0.25, -0.2) is 26.7 Å². The molecule has 41 N–H and O–H groups in total. The highest BCUT2D eigenvalue weighted by Crippen LogP contribution is 2.29. The number of aromatic nitrogens is 1. The van der Waals surface area contributed by atoms with E-state index in [0.29, 0.717) is 59.7 Å². The lowest BCUT2D eigenvalue weighted by Crippen LogP contribution is -2.62. The van der Waals surface area contributed by atoms with Crippen LogP contribution in [0.1, 0.15) is 148 Å². The summed E-state index contributed by atoms with van der Waals surface area (Å²) in [6.07, 6.45) is -0.247. The van der Waals surface area contributed by atoms with E-state index in [9.17, 15) is 58.1 Å². The number of aliphatic hydroxyl groups is 2. The van der Waals surface area contributed by atoms with Crippen molar-refractivity contribution in [2.75, 3.05) is 52.5 Å². The van der Waals surface area contributed by atoms with Crippen LogP contribution >= 0.6 is 0 Å². The molecule has 1 fully saturated rings. The second-order valence-corrected chi connectivity index (χ2v) is 33.0. The van der Waals surface area contributed by atoms with Crippen molar-refractivity contribution < 1.29 is 99.6 Å². The third-order valence-electron chi connectivity index (χ3n) is 22.4. The number of carbonyl (C=O) groups excluding carboxylic acids is 12. The summed E-state index contributed by atoms with van der Waals surface area (Å²) in [7, 11) is 0. The van der Waals surface area contributed by atoms with Crippen molar-refractivity contribution in [3.8, 4) is 0 Å². The number of aliphatic carboxylic acids is 1. The fourth-order valence-corrected chi connectivity index (χ4v) is 15.0. The van der Waals surface area contributed by atoms with Gasteiger partial charge in [-0.05, 0) is 107 Å². The smallest absolute Gasteiger partial charge is 0.326 e. The number of carboxylic acid groups (broad SMARTS) is 1. The number of para-hydroxylation sites is 1. The van der Waals surface area contributed by atoms with Gasteiger partial charge in [-0.1, -0.05) is 105 Å². The molecule has 12 atom stereocenters. The molecule has 4 aromatic carbocycles. The van der Waals surface area contributed by atoms with Gasteiger partial charge in [0, 0.05) is 92.3 Å². The molecular formula is C87H126F5N31O16. The number of carboxylic acids is 1. The molecule has 0 saturated heterocycles. The maximum Gasteiger partial charge on any atom is 0.326 e. The third-order valence-corrected chi connectivity index (χ3v) is 22.4. The van der Waals surface area contributed by atoms with Crippen molar-refractivity contribution in [3.05, 3.63) is 142 Å². The topological polar surface area (TPSA) is 828 Å². The first kappa shape index (κ1) is 113. The first-order valence-corrected chi connectivity index (χ1v) is 44.9. The van der Waals surface area contributed by atoms with Crippen molar-refractivity contribution in [3.63, 3.8) is 0 Å². The van der Waals surface area contributed by atoms with E-state index in [1.165, 1.54) is 30.5 Å². The van der Waals surface area contributed by atoms with Crippen molar-refractivity contribution in [2.45, 2.75) is 207 Å². The Labute approximate surface area is 795 Å². The summed E-state index contributed by atoms with van der Waals surface area (Å²) in [5.74, 6) is -31.2. The fourth-order valence-electron chi connectivity index (χ4n) is 15.0. The van der Waals surface area contributed by atoms with Crippen LogP contribution in [0.5, 0.6) is 0 Å². The van der Waals surface area contributed by atoms with E-state index >= 15 is 41.5 Å². The number of nitrogens with two attached hydrogens (primary N) is 7.